The van der Waals surface area contributed by atoms with E-state index in [0.717, 1.165) is 37.4 Å². The standard InChI is InChI=1S/C18H29N3O3/c1-4-24-16-7-5-14(6-8-16)17(21(2)3)13-19-18(22)20-15-9-11-23-12-10-15/h5-8,15,17H,4,9-13H2,1-3H3,(H2,19,20,22). The Labute approximate surface area is 144 Å². The molecule has 1 aromatic carbocycles. The highest BCUT2D eigenvalue weighted by molar-refractivity contribution is 5.74. The lowest BCUT2D eigenvalue weighted by atomic mass is 10.1. The maximum atomic E-state index is 12.1. The van der Waals surface area contributed by atoms with Crippen LogP contribution in [0, 0.1) is 0 Å². The first kappa shape index (κ1) is 18.5. The number of carbonyl (C=O) groups excluding carboxylic acids is 1. The van der Waals surface area contributed by atoms with E-state index < -0.39 is 0 Å². The molecule has 0 aromatic heterocycles. The molecule has 1 unspecified atom stereocenters. The summed E-state index contributed by atoms with van der Waals surface area (Å²) in [6.45, 7) is 4.62. The fraction of sp³-hybridized carbons (Fsp3) is 0.611. The predicted molar refractivity (Wildman–Crippen MR) is 94.4 cm³/mol. The summed E-state index contributed by atoms with van der Waals surface area (Å²) in [4.78, 5) is 14.2. The van der Waals surface area contributed by atoms with Gasteiger partial charge in [-0.2, -0.15) is 0 Å². The number of hydrogen-bond acceptors (Lipinski definition) is 4. The van der Waals surface area contributed by atoms with Crippen molar-refractivity contribution in [3.63, 3.8) is 0 Å². The predicted octanol–water partition coefficient (Wildman–Crippen LogP) is 2.17. The van der Waals surface area contributed by atoms with Gasteiger partial charge in [-0.25, -0.2) is 4.79 Å². The van der Waals surface area contributed by atoms with E-state index in [9.17, 15) is 4.79 Å². The van der Waals surface area contributed by atoms with Gasteiger partial charge in [-0.1, -0.05) is 12.1 Å². The molecule has 2 rings (SSSR count). The smallest absolute Gasteiger partial charge is 0.315 e. The molecule has 0 radical (unpaired) electrons. The van der Waals surface area contributed by atoms with Crippen LogP contribution in [0.1, 0.15) is 31.4 Å². The minimum absolute atomic E-state index is 0.111. The zero-order valence-corrected chi connectivity index (χ0v) is 14.9. The number of benzene rings is 1. The van der Waals surface area contributed by atoms with E-state index in [4.69, 9.17) is 9.47 Å². The van der Waals surface area contributed by atoms with Gasteiger partial charge in [-0.15, -0.1) is 0 Å². The van der Waals surface area contributed by atoms with Crippen LogP contribution < -0.4 is 15.4 Å². The highest BCUT2D eigenvalue weighted by Gasteiger charge is 2.18. The van der Waals surface area contributed by atoms with Gasteiger partial charge in [-0.3, -0.25) is 0 Å². The maximum absolute atomic E-state index is 12.1. The van der Waals surface area contributed by atoms with Crippen LogP contribution in [0.3, 0.4) is 0 Å². The molecular weight excluding hydrogens is 306 g/mol. The number of likely N-dealkylation sites (N-methyl/N-ethyl adjacent to an activating group) is 1. The van der Waals surface area contributed by atoms with Gasteiger partial charge < -0.3 is 25.0 Å². The second kappa shape index (κ2) is 9.49. The van der Waals surface area contributed by atoms with Crippen LogP contribution in [-0.2, 0) is 4.74 Å². The molecule has 2 amide bonds. The Balaban J connectivity index is 1.87. The zero-order chi connectivity index (χ0) is 17.4. The van der Waals surface area contributed by atoms with E-state index in [1.807, 2.05) is 45.3 Å². The van der Waals surface area contributed by atoms with Crippen LogP contribution in [0.15, 0.2) is 24.3 Å². The van der Waals surface area contributed by atoms with Gasteiger partial charge >= 0.3 is 6.03 Å². The van der Waals surface area contributed by atoms with Crippen molar-refractivity contribution in [2.24, 2.45) is 0 Å². The molecule has 1 aliphatic heterocycles. The normalized spacial score (nSPS) is 16.7. The Kier molecular flexibility index (Phi) is 7.34. The van der Waals surface area contributed by atoms with Crippen LogP contribution in [0.25, 0.3) is 0 Å². The molecule has 24 heavy (non-hydrogen) atoms. The number of carbonyl (C=O) groups is 1. The van der Waals surface area contributed by atoms with Crippen molar-refractivity contribution in [2.75, 3.05) is 40.5 Å². The lowest BCUT2D eigenvalue weighted by Crippen LogP contribution is -2.46. The number of hydrogen-bond donors (Lipinski definition) is 2. The summed E-state index contributed by atoms with van der Waals surface area (Å²) in [7, 11) is 4.03. The zero-order valence-electron chi connectivity index (χ0n) is 14.9. The third-order valence-electron chi connectivity index (χ3n) is 4.21. The lowest BCUT2D eigenvalue weighted by Gasteiger charge is -2.27. The Hall–Kier alpha value is -1.79. The van der Waals surface area contributed by atoms with Gasteiger partial charge in [0.2, 0.25) is 0 Å². The third kappa shape index (κ3) is 5.69. The average molecular weight is 335 g/mol. The van der Waals surface area contributed by atoms with Gasteiger partial charge in [0.15, 0.2) is 0 Å². The molecule has 1 fully saturated rings. The maximum Gasteiger partial charge on any atom is 0.315 e. The molecular formula is C18H29N3O3. The first-order valence-electron chi connectivity index (χ1n) is 8.61. The molecule has 0 bridgehead atoms. The van der Waals surface area contributed by atoms with Gasteiger partial charge in [-0.05, 0) is 51.6 Å². The molecule has 0 saturated carbocycles. The van der Waals surface area contributed by atoms with Crippen LogP contribution in [-0.4, -0.2) is 57.4 Å². The number of ether oxygens (including phenoxy) is 2. The molecule has 0 aliphatic carbocycles. The Morgan fingerprint density at radius 2 is 1.96 bits per heavy atom. The van der Waals surface area contributed by atoms with Crippen LogP contribution in [0.2, 0.25) is 0 Å². The topological polar surface area (TPSA) is 62.8 Å². The molecule has 1 saturated heterocycles. The Morgan fingerprint density at radius 3 is 2.54 bits per heavy atom. The van der Waals surface area contributed by atoms with Crippen molar-refractivity contribution in [3.8, 4) is 5.75 Å². The monoisotopic (exact) mass is 335 g/mol. The fourth-order valence-corrected chi connectivity index (χ4v) is 2.82. The number of rotatable bonds is 7. The van der Waals surface area contributed by atoms with Crippen molar-refractivity contribution < 1.29 is 14.3 Å². The molecule has 2 N–H and O–H groups in total. The number of nitrogens with zero attached hydrogens (tertiary/aromatic N) is 1. The summed E-state index contributed by atoms with van der Waals surface area (Å²) in [6, 6.07) is 8.25. The van der Waals surface area contributed by atoms with E-state index in [1.165, 1.54) is 0 Å². The van der Waals surface area contributed by atoms with Crippen molar-refractivity contribution in [1.82, 2.24) is 15.5 Å². The van der Waals surface area contributed by atoms with Crippen molar-refractivity contribution >= 4 is 6.03 Å². The van der Waals surface area contributed by atoms with E-state index in [0.29, 0.717) is 13.2 Å². The van der Waals surface area contributed by atoms with Crippen molar-refractivity contribution in [2.45, 2.75) is 31.8 Å². The van der Waals surface area contributed by atoms with E-state index in [1.54, 1.807) is 0 Å². The minimum atomic E-state index is -0.111. The summed E-state index contributed by atoms with van der Waals surface area (Å²) in [5.41, 5.74) is 1.15. The van der Waals surface area contributed by atoms with Crippen LogP contribution in [0.5, 0.6) is 5.75 Å². The largest absolute Gasteiger partial charge is 0.494 e. The van der Waals surface area contributed by atoms with Crippen LogP contribution in [0.4, 0.5) is 4.79 Å². The fourth-order valence-electron chi connectivity index (χ4n) is 2.82. The molecule has 1 atom stereocenters. The quantitative estimate of drug-likeness (QED) is 0.802. The highest BCUT2D eigenvalue weighted by atomic mass is 16.5. The number of urea groups is 1. The molecule has 1 aliphatic rings. The first-order valence-corrected chi connectivity index (χ1v) is 8.61. The molecule has 1 heterocycles. The van der Waals surface area contributed by atoms with E-state index >= 15 is 0 Å². The summed E-state index contributed by atoms with van der Waals surface area (Å²) in [5, 5.41) is 6.01. The van der Waals surface area contributed by atoms with Gasteiger partial charge in [0.05, 0.1) is 12.6 Å². The van der Waals surface area contributed by atoms with Crippen molar-refractivity contribution in [3.05, 3.63) is 29.8 Å². The Morgan fingerprint density at radius 1 is 1.29 bits per heavy atom. The molecule has 1 aromatic rings. The lowest BCUT2D eigenvalue weighted by molar-refractivity contribution is 0.0800. The molecule has 134 valence electrons. The minimum Gasteiger partial charge on any atom is -0.494 e. The molecule has 0 spiro atoms. The summed E-state index contributed by atoms with van der Waals surface area (Å²) < 4.78 is 10.8. The number of nitrogens with one attached hydrogen (secondary N) is 2. The molecule has 6 heteroatoms. The highest BCUT2D eigenvalue weighted by Crippen LogP contribution is 2.21. The Bertz CT molecular complexity index is 499. The van der Waals surface area contributed by atoms with Gasteiger partial charge in [0, 0.05) is 25.8 Å². The SMILES string of the molecule is CCOc1ccc(C(CNC(=O)NC2CCOCC2)N(C)C)cc1. The summed E-state index contributed by atoms with van der Waals surface area (Å²) in [6.07, 6.45) is 1.76. The second-order valence-electron chi connectivity index (χ2n) is 6.22. The number of amides is 2. The summed E-state index contributed by atoms with van der Waals surface area (Å²) >= 11 is 0. The third-order valence-corrected chi connectivity index (χ3v) is 4.21. The summed E-state index contributed by atoms with van der Waals surface area (Å²) in [5.74, 6) is 0.865. The van der Waals surface area contributed by atoms with Crippen LogP contribution >= 0.6 is 0 Å². The average Bonchev–Trinajstić information content (AvgIpc) is 2.57. The van der Waals surface area contributed by atoms with E-state index in [-0.39, 0.29) is 18.1 Å². The van der Waals surface area contributed by atoms with Gasteiger partial charge in [0.1, 0.15) is 5.75 Å². The molecule has 6 nitrogen and oxygen atoms in total. The van der Waals surface area contributed by atoms with Crippen molar-refractivity contribution in [1.29, 1.82) is 0 Å². The van der Waals surface area contributed by atoms with E-state index in [2.05, 4.69) is 15.5 Å². The van der Waals surface area contributed by atoms with Gasteiger partial charge in [0.25, 0.3) is 0 Å². The first-order chi connectivity index (χ1) is 11.6. The second-order valence-corrected chi connectivity index (χ2v) is 6.22.